The Morgan fingerprint density at radius 2 is 2.26 bits per heavy atom. The van der Waals surface area contributed by atoms with Crippen LogP contribution in [0.2, 0.25) is 0 Å². The summed E-state index contributed by atoms with van der Waals surface area (Å²) in [4.78, 5) is 16.0. The van der Waals surface area contributed by atoms with E-state index in [0.29, 0.717) is 36.1 Å². The smallest absolute Gasteiger partial charge is 0.235 e. The Morgan fingerprint density at radius 1 is 1.43 bits per heavy atom. The van der Waals surface area contributed by atoms with Crippen LogP contribution in [-0.2, 0) is 21.2 Å². The fourth-order valence-electron chi connectivity index (χ4n) is 2.43. The van der Waals surface area contributed by atoms with E-state index in [2.05, 4.69) is 15.5 Å². The van der Waals surface area contributed by atoms with E-state index >= 15 is 0 Å². The van der Waals surface area contributed by atoms with E-state index in [1.54, 1.807) is 31.2 Å². The van der Waals surface area contributed by atoms with Gasteiger partial charge in [-0.05, 0) is 24.6 Å². The van der Waals surface area contributed by atoms with Gasteiger partial charge in [0.25, 0.3) is 0 Å². The van der Waals surface area contributed by atoms with E-state index in [1.807, 2.05) is 0 Å². The first-order valence-corrected chi connectivity index (χ1v) is 8.74. The van der Waals surface area contributed by atoms with Crippen molar-refractivity contribution in [2.24, 2.45) is 0 Å². The summed E-state index contributed by atoms with van der Waals surface area (Å²) in [6.07, 6.45) is 0.597. The second-order valence-electron chi connectivity index (χ2n) is 5.25. The SMILES string of the molecule is Cc1nc(CC(=O)Nc2cccc(N3CCCS3(=O)=O)c2)no1. The summed E-state index contributed by atoms with van der Waals surface area (Å²) in [5.41, 5.74) is 1.07. The Kier molecular flexibility index (Phi) is 4.03. The molecule has 122 valence electrons. The Labute approximate surface area is 133 Å². The van der Waals surface area contributed by atoms with Crippen LogP contribution in [0.5, 0.6) is 0 Å². The molecule has 0 saturated carbocycles. The lowest BCUT2D eigenvalue weighted by Crippen LogP contribution is -2.25. The molecule has 1 aliphatic heterocycles. The Morgan fingerprint density at radius 3 is 2.91 bits per heavy atom. The Bertz CT molecular complexity index is 831. The molecule has 2 aromatic rings. The van der Waals surface area contributed by atoms with Gasteiger partial charge < -0.3 is 9.84 Å². The number of carbonyl (C=O) groups is 1. The van der Waals surface area contributed by atoms with Gasteiger partial charge in [-0.25, -0.2) is 8.42 Å². The van der Waals surface area contributed by atoms with Crippen molar-refractivity contribution in [2.75, 3.05) is 21.9 Å². The number of anilines is 2. The number of hydrogen-bond acceptors (Lipinski definition) is 6. The summed E-state index contributed by atoms with van der Waals surface area (Å²) in [5.74, 6) is 0.556. The first-order chi connectivity index (χ1) is 10.9. The second-order valence-corrected chi connectivity index (χ2v) is 7.26. The minimum Gasteiger partial charge on any atom is -0.340 e. The van der Waals surface area contributed by atoms with Crippen molar-refractivity contribution >= 4 is 27.3 Å². The summed E-state index contributed by atoms with van der Waals surface area (Å²) >= 11 is 0. The van der Waals surface area contributed by atoms with Gasteiger partial charge in [-0.15, -0.1) is 0 Å². The van der Waals surface area contributed by atoms with Crippen molar-refractivity contribution in [1.82, 2.24) is 10.1 Å². The molecule has 0 aliphatic carbocycles. The molecule has 0 bridgehead atoms. The van der Waals surface area contributed by atoms with Crippen molar-refractivity contribution in [3.8, 4) is 0 Å². The predicted molar refractivity (Wildman–Crippen MR) is 83.6 cm³/mol. The van der Waals surface area contributed by atoms with E-state index in [-0.39, 0.29) is 18.1 Å². The van der Waals surface area contributed by atoms with E-state index in [0.717, 1.165) is 0 Å². The molecule has 3 rings (SSSR count). The molecule has 1 aliphatic rings. The van der Waals surface area contributed by atoms with Gasteiger partial charge in [0.1, 0.15) is 0 Å². The third kappa shape index (κ3) is 3.50. The van der Waals surface area contributed by atoms with Crippen LogP contribution < -0.4 is 9.62 Å². The van der Waals surface area contributed by atoms with E-state index in [1.165, 1.54) is 4.31 Å². The van der Waals surface area contributed by atoms with Crippen LogP contribution in [0.25, 0.3) is 0 Å². The molecule has 1 aromatic heterocycles. The normalized spacial score (nSPS) is 16.5. The fourth-order valence-corrected chi connectivity index (χ4v) is 3.99. The molecule has 1 fully saturated rings. The molecule has 0 unspecified atom stereocenters. The third-order valence-electron chi connectivity index (χ3n) is 3.41. The number of nitrogens with zero attached hydrogens (tertiary/aromatic N) is 3. The maximum Gasteiger partial charge on any atom is 0.235 e. The van der Waals surface area contributed by atoms with Crippen LogP contribution >= 0.6 is 0 Å². The van der Waals surface area contributed by atoms with E-state index < -0.39 is 10.0 Å². The molecule has 1 saturated heterocycles. The first kappa shape index (κ1) is 15.5. The van der Waals surface area contributed by atoms with Crippen LogP contribution in [-0.4, -0.2) is 36.8 Å². The number of hydrogen-bond donors (Lipinski definition) is 1. The van der Waals surface area contributed by atoms with Gasteiger partial charge in [-0.3, -0.25) is 9.10 Å². The number of sulfonamides is 1. The van der Waals surface area contributed by atoms with Crippen LogP contribution in [0.15, 0.2) is 28.8 Å². The zero-order valence-electron chi connectivity index (χ0n) is 12.5. The first-order valence-electron chi connectivity index (χ1n) is 7.13. The molecule has 23 heavy (non-hydrogen) atoms. The number of aromatic nitrogens is 2. The van der Waals surface area contributed by atoms with Crippen molar-refractivity contribution in [1.29, 1.82) is 0 Å². The molecular formula is C14H16N4O4S. The summed E-state index contributed by atoms with van der Waals surface area (Å²) in [7, 11) is -3.24. The fraction of sp³-hybridized carbons (Fsp3) is 0.357. The molecule has 0 spiro atoms. The highest BCUT2D eigenvalue weighted by Gasteiger charge is 2.28. The number of carbonyl (C=O) groups excluding carboxylic acids is 1. The minimum atomic E-state index is -3.24. The number of benzene rings is 1. The summed E-state index contributed by atoms with van der Waals surface area (Å²) in [5, 5.41) is 6.37. The van der Waals surface area contributed by atoms with Crippen LogP contribution in [0, 0.1) is 6.92 Å². The highest BCUT2D eigenvalue weighted by Crippen LogP contribution is 2.26. The minimum absolute atomic E-state index is 0.0103. The average molecular weight is 336 g/mol. The van der Waals surface area contributed by atoms with Crippen molar-refractivity contribution in [3.63, 3.8) is 0 Å². The third-order valence-corrected chi connectivity index (χ3v) is 5.28. The Hall–Kier alpha value is -2.42. The van der Waals surface area contributed by atoms with Gasteiger partial charge in [0, 0.05) is 19.2 Å². The van der Waals surface area contributed by atoms with Gasteiger partial charge in [0.05, 0.1) is 17.9 Å². The second kappa shape index (κ2) is 5.99. The monoisotopic (exact) mass is 336 g/mol. The highest BCUT2D eigenvalue weighted by molar-refractivity contribution is 7.93. The standard InChI is InChI=1S/C14H16N4O4S/c1-10-15-13(17-22-10)9-14(19)16-11-4-2-5-12(8-11)18-6-3-7-23(18,20)21/h2,4-5,8H,3,6-7,9H2,1H3,(H,16,19). The van der Waals surface area contributed by atoms with Crippen molar-refractivity contribution < 1.29 is 17.7 Å². The predicted octanol–water partition coefficient (Wildman–Crippen LogP) is 1.10. The number of nitrogens with one attached hydrogen (secondary N) is 1. The topological polar surface area (TPSA) is 105 Å². The maximum atomic E-state index is 12.0. The number of aryl methyl sites for hydroxylation is 1. The number of rotatable bonds is 4. The molecule has 1 aromatic carbocycles. The summed E-state index contributed by atoms with van der Waals surface area (Å²) < 4.78 is 30.1. The van der Waals surface area contributed by atoms with Gasteiger partial charge in [-0.1, -0.05) is 11.2 Å². The zero-order chi connectivity index (χ0) is 16.4. The lowest BCUT2D eigenvalue weighted by atomic mass is 10.2. The van der Waals surface area contributed by atoms with Crippen molar-refractivity contribution in [2.45, 2.75) is 19.8 Å². The highest BCUT2D eigenvalue weighted by atomic mass is 32.2. The molecule has 0 radical (unpaired) electrons. The van der Waals surface area contributed by atoms with Crippen LogP contribution in [0.4, 0.5) is 11.4 Å². The molecule has 1 amide bonds. The quantitative estimate of drug-likeness (QED) is 0.896. The van der Waals surface area contributed by atoms with Crippen molar-refractivity contribution in [3.05, 3.63) is 36.0 Å². The van der Waals surface area contributed by atoms with Gasteiger partial charge in [0.15, 0.2) is 5.82 Å². The van der Waals surface area contributed by atoms with Gasteiger partial charge in [-0.2, -0.15) is 4.98 Å². The molecule has 8 nitrogen and oxygen atoms in total. The summed E-state index contributed by atoms with van der Waals surface area (Å²) in [6, 6.07) is 6.76. The van der Waals surface area contributed by atoms with Gasteiger partial charge in [0.2, 0.25) is 21.8 Å². The Balaban J connectivity index is 1.71. The number of amides is 1. The van der Waals surface area contributed by atoms with Gasteiger partial charge >= 0.3 is 0 Å². The lowest BCUT2D eigenvalue weighted by molar-refractivity contribution is -0.115. The summed E-state index contributed by atoms with van der Waals surface area (Å²) in [6.45, 7) is 2.11. The maximum absolute atomic E-state index is 12.0. The van der Waals surface area contributed by atoms with Crippen LogP contribution in [0.3, 0.4) is 0 Å². The zero-order valence-corrected chi connectivity index (χ0v) is 13.3. The molecule has 0 atom stereocenters. The van der Waals surface area contributed by atoms with E-state index in [9.17, 15) is 13.2 Å². The molecular weight excluding hydrogens is 320 g/mol. The molecule has 9 heteroatoms. The average Bonchev–Trinajstić information content (AvgIpc) is 3.04. The largest absolute Gasteiger partial charge is 0.340 e. The van der Waals surface area contributed by atoms with E-state index in [4.69, 9.17) is 4.52 Å². The van der Waals surface area contributed by atoms with Crippen LogP contribution in [0.1, 0.15) is 18.1 Å². The molecule has 1 N–H and O–H groups in total. The lowest BCUT2D eigenvalue weighted by Gasteiger charge is -2.17. The molecule has 2 heterocycles.